The van der Waals surface area contributed by atoms with E-state index in [1.165, 1.54) is 13.0 Å². The van der Waals surface area contributed by atoms with Gasteiger partial charge < -0.3 is 0 Å². The van der Waals surface area contributed by atoms with Crippen molar-refractivity contribution in [1.29, 1.82) is 0 Å². The van der Waals surface area contributed by atoms with Crippen LogP contribution in [0.25, 0.3) is 0 Å². The van der Waals surface area contributed by atoms with Crippen molar-refractivity contribution in [2.45, 2.75) is 13.8 Å². The number of carbonyl (C=O) groups excluding carboxylic acids is 2. The topological polar surface area (TPSA) is 34.1 Å². The Hall–Kier alpha value is -0.280. The van der Waals surface area contributed by atoms with Crippen LogP contribution >= 0.6 is 23.4 Å². The quantitative estimate of drug-likeness (QED) is 0.479. The zero-order valence-corrected chi connectivity index (χ0v) is 7.25. The van der Waals surface area contributed by atoms with Gasteiger partial charge >= 0.3 is 0 Å². The van der Waals surface area contributed by atoms with E-state index in [-0.39, 0.29) is 5.12 Å². The Bertz CT molecular complexity index is 186. The van der Waals surface area contributed by atoms with Gasteiger partial charge in [0.05, 0.1) is 0 Å². The van der Waals surface area contributed by atoms with Gasteiger partial charge in [0, 0.05) is 13.0 Å². The van der Waals surface area contributed by atoms with E-state index in [0.29, 0.717) is 4.91 Å². The first-order valence-corrected chi connectivity index (χ1v) is 3.78. The van der Waals surface area contributed by atoms with Crippen molar-refractivity contribution in [3.05, 3.63) is 11.0 Å². The Labute approximate surface area is 68.6 Å². The molecule has 0 unspecified atom stereocenters. The number of carbonyl (C=O) groups is 2. The van der Waals surface area contributed by atoms with Crippen LogP contribution in [0.3, 0.4) is 0 Å². The molecule has 2 nitrogen and oxygen atoms in total. The minimum atomic E-state index is -0.550. The van der Waals surface area contributed by atoms with E-state index in [2.05, 4.69) is 0 Å². The van der Waals surface area contributed by atoms with Crippen molar-refractivity contribution in [3.63, 3.8) is 0 Å². The van der Waals surface area contributed by atoms with Crippen LogP contribution in [-0.4, -0.2) is 10.4 Å². The number of hydrogen-bond acceptors (Lipinski definition) is 3. The van der Waals surface area contributed by atoms with Crippen LogP contribution in [0.2, 0.25) is 0 Å². The lowest BCUT2D eigenvalue weighted by Gasteiger charge is -1.91. The Balaban J connectivity index is 3.95. The number of thioether (sulfide) groups is 1. The van der Waals surface area contributed by atoms with Gasteiger partial charge in [-0.05, 0) is 23.4 Å². The third-order valence-corrected chi connectivity index (χ3v) is 1.46. The highest BCUT2D eigenvalue weighted by atomic mass is 35.5. The average Bonchev–Trinajstić information content (AvgIpc) is 1.58. The van der Waals surface area contributed by atoms with Gasteiger partial charge in [-0.1, -0.05) is 11.8 Å². The third kappa shape index (κ3) is 5.85. The molecule has 0 saturated heterocycles. The number of halogens is 1. The fourth-order valence-corrected chi connectivity index (χ4v) is 1.26. The SMILES string of the molecule is CC(=O)SC(C)=CC(=O)Cl. The standard InChI is InChI=1S/C6H7ClO2S/c1-4(3-6(7)9)10-5(2)8/h3H,1-2H3. The number of allylic oxidation sites excluding steroid dienone is 2. The van der Waals surface area contributed by atoms with Crippen molar-refractivity contribution >= 4 is 33.7 Å². The lowest BCUT2D eigenvalue weighted by atomic mass is 10.6. The maximum atomic E-state index is 10.4. The summed E-state index contributed by atoms with van der Waals surface area (Å²) in [6, 6.07) is 0. The lowest BCUT2D eigenvalue weighted by Crippen LogP contribution is -1.83. The zero-order valence-electron chi connectivity index (χ0n) is 5.68. The predicted molar refractivity (Wildman–Crippen MR) is 42.9 cm³/mol. The first-order chi connectivity index (χ1) is 4.52. The fraction of sp³-hybridized carbons (Fsp3) is 0.333. The molecule has 56 valence electrons. The largest absolute Gasteiger partial charge is 0.287 e. The fourth-order valence-electron chi connectivity index (χ4n) is 0.416. The summed E-state index contributed by atoms with van der Waals surface area (Å²) < 4.78 is 0. The van der Waals surface area contributed by atoms with Gasteiger partial charge in [-0.25, -0.2) is 0 Å². The summed E-state index contributed by atoms with van der Waals surface area (Å²) in [4.78, 5) is 21.2. The Morgan fingerprint density at radius 3 is 2.20 bits per heavy atom. The average molecular weight is 179 g/mol. The maximum absolute atomic E-state index is 10.4. The van der Waals surface area contributed by atoms with E-state index in [4.69, 9.17) is 11.6 Å². The second kappa shape index (κ2) is 4.52. The minimum Gasteiger partial charge on any atom is -0.287 e. The first kappa shape index (κ1) is 9.72. The van der Waals surface area contributed by atoms with Crippen LogP contribution < -0.4 is 0 Å². The molecule has 0 saturated carbocycles. The molecule has 0 spiro atoms. The van der Waals surface area contributed by atoms with Crippen molar-refractivity contribution in [3.8, 4) is 0 Å². The molecule has 0 aliphatic heterocycles. The highest BCUT2D eigenvalue weighted by molar-refractivity contribution is 8.16. The molecule has 0 aromatic carbocycles. The van der Waals surface area contributed by atoms with Gasteiger partial charge in [0.1, 0.15) is 0 Å². The van der Waals surface area contributed by atoms with E-state index in [0.717, 1.165) is 11.8 Å². The smallest absolute Gasteiger partial charge is 0.245 e. The summed E-state index contributed by atoms with van der Waals surface area (Å²) in [6.07, 6.45) is 1.22. The van der Waals surface area contributed by atoms with E-state index < -0.39 is 5.24 Å². The van der Waals surface area contributed by atoms with Crippen LogP contribution in [-0.2, 0) is 9.59 Å². The molecule has 0 rings (SSSR count). The zero-order chi connectivity index (χ0) is 8.15. The molecule has 0 heterocycles. The van der Waals surface area contributed by atoms with Crippen LogP contribution in [0.15, 0.2) is 11.0 Å². The van der Waals surface area contributed by atoms with Crippen molar-refractivity contribution in [1.82, 2.24) is 0 Å². The summed E-state index contributed by atoms with van der Waals surface area (Å²) >= 11 is 6.02. The molecule has 0 amide bonds. The van der Waals surface area contributed by atoms with Crippen LogP contribution in [0, 0.1) is 0 Å². The molecule has 0 aromatic heterocycles. The molecular weight excluding hydrogens is 172 g/mol. The van der Waals surface area contributed by atoms with Crippen molar-refractivity contribution in [2.24, 2.45) is 0 Å². The molecule has 0 aliphatic rings. The second-order valence-electron chi connectivity index (χ2n) is 1.65. The van der Waals surface area contributed by atoms with Gasteiger partial charge in [0.25, 0.3) is 0 Å². The van der Waals surface area contributed by atoms with Gasteiger partial charge in [-0.3, -0.25) is 9.59 Å². The van der Waals surface area contributed by atoms with Gasteiger partial charge in [0.15, 0.2) is 5.12 Å². The molecule has 10 heavy (non-hydrogen) atoms. The van der Waals surface area contributed by atoms with E-state index in [1.807, 2.05) is 0 Å². The van der Waals surface area contributed by atoms with E-state index >= 15 is 0 Å². The summed E-state index contributed by atoms with van der Waals surface area (Å²) in [5, 5.41) is -0.599. The predicted octanol–water partition coefficient (Wildman–Crippen LogP) is 1.94. The molecular formula is C6H7ClO2S. The molecule has 0 bridgehead atoms. The summed E-state index contributed by atoms with van der Waals surface area (Å²) in [5.74, 6) is 0. The molecule has 0 N–H and O–H groups in total. The van der Waals surface area contributed by atoms with E-state index in [9.17, 15) is 9.59 Å². The highest BCUT2D eigenvalue weighted by Gasteiger charge is 1.97. The Kier molecular flexibility index (Phi) is 4.40. The van der Waals surface area contributed by atoms with Gasteiger partial charge in [0.2, 0.25) is 5.24 Å². The molecule has 0 radical (unpaired) electrons. The summed E-state index contributed by atoms with van der Waals surface area (Å²) in [5.41, 5.74) is 0. The monoisotopic (exact) mass is 178 g/mol. The third-order valence-electron chi connectivity index (χ3n) is 0.621. The molecule has 0 aliphatic carbocycles. The first-order valence-electron chi connectivity index (χ1n) is 2.58. The second-order valence-corrected chi connectivity index (χ2v) is 3.45. The normalized spacial score (nSPS) is 11.3. The molecule has 0 aromatic rings. The van der Waals surface area contributed by atoms with Crippen molar-refractivity contribution < 1.29 is 9.59 Å². The molecule has 0 fully saturated rings. The van der Waals surface area contributed by atoms with Crippen molar-refractivity contribution in [2.75, 3.05) is 0 Å². The van der Waals surface area contributed by atoms with Gasteiger partial charge in [-0.2, -0.15) is 0 Å². The minimum absolute atomic E-state index is 0.0494. The summed E-state index contributed by atoms with van der Waals surface area (Å²) in [6.45, 7) is 3.09. The number of hydrogen-bond donors (Lipinski definition) is 0. The van der Waals surface area contributed by atoms with Crippen LogP contribution in [0.1, 0.15) is 13.8 Å². The Morgan fingerprint density at radius 2 is 1.90 bits per heavy atom. The highest BCUT2D eigenvalue weighted by Crippen LogP contribution is 2.14. The Morgan fingerprint density at radius 1 is 1.40 bits per heavy atom. The van der Waals surface area contributed by atoms with E-state index in [1.54, 1.807) is 6.92 Å². The molecule has 4 heteroatoms. The lowest BCUT2D eigenvalue weighted by molar-refractivity contribution is -0.109. The summed E-state index contributed by atoms with van der Waals surface area (Å²) in [7, 11) is 0. The maximum Gasteiger partial charge on any atom is 0.245 e. The molecule has 0 atom stereocenters. The van der Waals surface area contributed by atoms with Crippen LogP contribution in [0.4, 0.5) is 0 Å². The van der Waals surface area contributed by atoms with Crippen LogP contribution in [0.5, 0.6) is 0 Å². The van der Waals surface area contributed by atoms with Gasteiger partial charge in [-0.15, -0.1) is 0 Å². The number of rotatable bonds is 2.